The molecule has 1 aliphatic heterocycles. The third-order valence-electron chi connectivity index (χ3n) is 3.55. The van der Waals surface area contributed by atoms with Gasteiger partial charge in [0.2, 0.25) is 0 Å². The molecule has 0 aliphatic carbocycles. The van der Waals surface area contributed by atoms with Gasteiger partial charge in [0.25, 0.3) is 0 Å². The second-order valence-corrected chi connectivity index (χ2v) is 5.69. The molecule has 0 spiro atoms. The maximum atomic E-state index is 13.1. The van der Waals surface area contributed by atoms with Crippen molar-refractivity contribution >= 4 is 5.78 Å². The molecule has 2 rings (SSSR count). The van der Waals surface area contributed by atoms with Gasteiger partial charge < -0.3 is 0 Å². The topological polar surface area (TPSA) is 20.3 Å². The minimum Gasteiger partial charge on any atom is -0.295 e. The summed E-state index contributed by atoms with van der Waals surface area (Å²) in [7, 11) is 0. The van der Waals surface area contributed by atoms with Crippen LogP contribution in [0.25, 0.3) is 0 Å². The Morgan fingerprint density at radius 2 is 1.84 bits per heavy atom. The number of hydrogen-bond acceptors (Lipinski definition) is 2. The van der Waals surface area contributed by atoms with Crippen molar-refractivity contribution in [2.75, 3.05) is 19.6 Å². The highest BCUT2D eigenvalue weighted by Gasteiger charge is 2.23. The molecule has 2 nitrogen and oxygen atoms in total. The number of piperidine rings is 1. The Morgan fingerprint density at radius 3 is 2.42 bits per heavy atom. The van der Waals surface area contributed by atoms with E-state index in [1.807, 2.05) is 0 Å². The number of ketones is 1. The van der Waals surface area contributed by atoms with Gasteiger partial charge in [-0.15, -0.1) is 0 Å². The van der Waals surface area contributed by atoms with E-state index in [-0.39, 0.29) is 17.9 Å². The summed E-state index contributed by atoms with van der Waals surface area (Å²) >= 11 is 0. The molecule has 0 amide bonds. The molecule has 1 saturated heterocycles. The quantitative estimate of drug-likeness (QED) is 0.784. The zero-order chi connectivity index (χ0) is 14.0. The Bertz CT molecular complexity index is 465. The van der Waals surface area contributed by atoms with Crippen molar-refractivity contribution in [3.63, 3.8) is 0 Å². The summed E-state index contributed by atoms with van der Waals surface area (Å²) in [5, 5.41) is 0. The number of likely N-dealkylation sites (tertiary alicyclic amines) is 1. The van der Waals surface area contributed by atoms with Gasteiger partial charge >= 0.3 is 0 Å². The molecule has 4 heteroatoms. The Morgan fingerprint density at radius 1 is 1.21 bits per heavy atom. The second-order valence-electron chi connectivity index (χ2n) is 5.69. The standard InChI is InChI=1S/C15H19F2NO/c1-10-5-11(2)8-18(7-10)9-15(19)12-3-4-13(16)14(17)6-12/h3-4,6,10-11H,5,7-9H2,1-2H3. The summed E-state index contributed by atoms with van der Waals surface area (Å²) in [5.74, 6) is -0.897. The average Bonchev–Trinajstić information content (AvgIpc) is 2.31. The summed E-state index contributed by atoms with van der Waals surface area (Å²) in [4.78, 5) is 14.2. The monoisotopic (exact) mass is 267 g/mol. The van der Waals surface area contributed by atoms with E-state index in [1.165, 1.54) is 12.5 Å². The lowest BCUT2D eigenvalue weighted by Crippen LogP contribution is -2.41. The van der Waals surface area contributed by atoms with E-state index in [0.717, 1.165) is 25.2 Å². The normalized spacial score (nSPS) is 24.4. The highest BCUT2D eigenvalue weighted by atomic mass is 19.2. The molecule has 1 fully saturated rings. The molecule has 0 N–H and O–H groups in total. The van der Waals surface area contributed by atoms with Crippen molar-refractivity contribution in [2.45, 2.75) is 20.3 Å². The third-order valence-corrected chi connectivity index (χ3v) is 3.55. The van der Waals surface area contributed by atoms with E-state index in [2.05, 4.69) is 18.7 Å². The SMILES string of the molecule is CC1CC(C)CN(CC(=O)c2ccc(F)c(F)c2)C1. The van der Waals surface area contributed by atoms with Crippen LogP contribution in [0, 0.1) is 23.5 Å². The van der Waals surface area contributed by atoms with Crippen LogP contribution in [0.3, 0.4) is 0 Å². The van der Waals surface area contributed by atoms with Crippen molar-refractivity contribution in [3.05, 3.63) is 35.4 Å². The van der Waals surface area contributed by atoms with E-state index < -0.39 is 11.6 Å². The zero-order valence-electron chi connectivity index (χ0n) is 11.3. The number of nitrogens with zero attached hydrogens (tertiary/aromatic N) is 1. The second kappa shape index (κ2) is 5.78. The van der Waals surface area contributed by atoms with Crippen LogP contribution in [0.5, 0.6) is 0 Å². The summed E-state index contributed by atoms with van der Waals surface area (Å²) in [6.45, 7) is 6.40. The van der Waals surface area contributed by atoms with Gasteiger partial charge in [0.1, 0.15) is 0 Å². The number of halogens is 2. The molecule has 104 valence electrons. The first-order chi connectivity index (χ1) is 8.95. The lowest BCUT2D eigenvalue weighted by Gasteiger charge is -2.34. The molecular formula is C15H19F2NO. The smallest absolute Gasteiger partial charge is 0.176 e. The molecule has 1 aromatic rings. The van der Waals surface area contributed by atoms with Crippen LogP contribution >= 0.6 is 0 Å². The first-order valence-corrected chi connectivity index (χ1v) is 6.66. The van der Waals surface area contributed by atoms with Crippen LogP contribution in [0.1, 0.15) is 30.6 Å². The maximum absolute atomic E-state index is 13.1. The van der Waals surface area contributed by atoms with E-state index in [4.69, 9.17) is 0 Å². The number of carbonyl (C=O) groups excluding carboxylic acids is 1. The van der Waals surface area contributed by atoms with Gasteiger partial charge in [-0.1, -0.05) is 13.8 Å². The first-order valence-electron chi connectivity index (χ1n) is 6.66. The average molecular weight is 267 g/mol. The highest BCUT2D eigenvalue weighted by Crippen LogP contribution is 2.21. The Labute approximate surface area is 112 Å². The predicted molar refractivity (Wildman–Crippen MR) is 70.1 cm³/mol. The fourth-order valence-corrected chi connectivity index (χ4v) is 2.89. The van der Waals surface area contributed by atoms with Crippen LogP contribution in [0.4, 0.5) is 8.78 Å². The molecule has 1 heterocycles. The Hall–Kier alpha value is -1.29. The first kappa shape index (κ1) is 14.1. The van der Waals surface area contributed by atoms with Crippen LogP contribution in [0.2, 0.25) is 0 Å². The minimum absolute atomic E-state index is 0.153. The summed E-state index contributed by atoms with van der Waals surface area (Å²) in [5.41, 5.74) is 0.241. The van der Waals surface area contributed by atoms with Crippen molar-refractivity contribution in [1.29, 1.82) is 0 Å². The van der Waals surface area contributed by atoms with E-state index in [9.17, 15) is 13.6 Å². The molecular weight excluding hydrogens is 248 g/mol. The maximum Gasteiger partial charge on any atom is 0.176 e. The molecule has 0 radical (unpaired) electrons. The van der Waals surface area contributed by atoms with Crippen LogP contribution < -0.4 is 0 Å². The molecule has 0 bridgehead atoms. The van der Waals surface area contributed by atoms with Crippen LogP contribution in [-0.2, 0) is 0 Å². The van der Waals surface area contributed by atoms with Crippen molar-refractivity contribution in [3.8, 4) is 0 Å². The highest BCUT2D eigenvalue weighted by molar-refractivity contribution is 5.97. The molecule has 1 aromatic carbocycles. The number of carbonyl (C=O) groups is 1. The summed E-state index contributed by atoms with van der Waals surface area (Å²) in [6.07, 6.45) is 1.18. The van der Waals surface area contributed by atoms with Gasteiger partial charge in [-0.05, 0) is 36.5 Å². The third kappa shape index (κ3) is 3.60. The van der Waals surface area contributed by atoms with Gasteiger partial charge in [-0.25, -0.2) is 8.78 Å². The molecule has 0 saturated carbocycles. The lowest BCUT2D eigenvalue weighted by atomic mass is 9.91. The van der Waals surface area contributed by atoms with Gasteiger partial charge in [-0.2, -0.15) is 0 Å². The number of rotatable bonds is 3. The fraction of sp³-hybridized carbons (Fsp3) is 0.533. The van der Waals surface area contributed by atoms with Crippen molar-refractivity contribution in [1.82, 2.24) is 4.90 Å². The largest absolute Gasteiger partial charge is 0.295 e. The van der Waals surface area contributed by atoms with E-state index in [0.29, 0.717) is 11.8 Å². The Kier molecular flexibility index (Phi) is 4.30. The van der Waals surface area contributed by atoms with E-state index >= 15 is 0 Å². The minimum atomic E-state index is -0.966. The van der Waals surface area contributed by atoms with Crippen LogP contribution in [0.15, 0.2) is 18.2 Å². The van der Waals surface area contributed by atoms with Crippen molar-refractivity contribution in [2.24, 2.45) is 11.8 Å². The molecule has 0 aromatic heterocycles. The van der Waals surface area contributed by atoms with Gasteiger partial charge in [0.05, 0.1) is 6.54 Å². The zero-order valence-corrected chi connectivity index (χ0v) is 11.3. The predicted octanol–water partition coefficient (Wildman–Crippen LogP) is 3.13. The summed E-state index contributed by atoms with van der Waals surface area (Å²) in [6, 6.07) is 3.33. The summed E-state index contributed by atoms with van der Waals surface area (Å²) < 4.78 is 25.9. The lowest BCUT2D eigenvalue weighted by molar-refractivity contribution is 0.0849. The van der Waals surface area contributed by atoms with Crippen LogP contribution in [-0.4, -0.2) is 30.3 Å². The van der Waals surface area contributed by atoms with Gasteiger partial charge in [0, 0.05) is 18.7 Å². The number of Topliss-reactive ketones (excluding diaryl/α,β-unsaturated/α-hetero) is 1. The van der Waals surface area contributed by atoms with E-state index in [1.54, 1.807) is 0 Å². The number of hydrogen-bond donors (Lipinski definition) is 0. The Balaban J connectivity index is 2.02. The van der Waals surface area contributed by atoms with Crippen molar-refractivity contribution < 1.29 is 13.6 Å². The molecule has 2 unspecified atom stereocenters. The molecule has 1 aliphatic rings. The number of benzene rings is 1. The van der Waals surface area contributed by atoms with Gasteiger partial charge in [0.15, 0.2) is 17.4 Å². The van der Waals surface area contributed by atoms with Gasteiger partial charge in [-0.3, -0.25) is 9.69 Å². The molecule has 2 atom stereocenters. The fourth-order valence-electron chi connectivity index (χ4n) is 2.89. The molecule has 19 heavy (non-hydrogen) atoms.